The van der Waals surface area contributed by atoms with E-state index in [1.54, 1.807) is 17.0 Å². The molecule has 0 aromatic heterocycles. The summed E-state index contributed by atoms with van der Waals surface area (Å²) in [6.07, 6.45) is 5.62. The van der Waals surface area contributed by atoms with Crippen molar-refractivity contribution >= 4 is 27.7 Å². The van der Waals surface area contributed by atoms with Crippen LogP contribution in [0.4, 0.5) is 4.39 Å². The van der Waals surface area contributed by atoms with E-state index in [4.69, 9.17) is 4.74 Å². The van der Waals surface area contributed by atoms with Crippen LogP contribution in [-0.4, -0.2) is 35.4 Å². The van der Waals surface area contributed by atoms with Crippen molar-refractivity contribution in [2.24, 2.45) is 0 Å². The molecule has 206 valence electrons. The quantitative estimate of drug-likeness (QED) is 0.285. The smallest absolute Gasteiger partial charge is 0.261 e. The van der Waals surface area contributed by atoms with Crippen LogP contribution in [0.15, 0.2) is 71.2 Å². The van der Waals surface area contributed by atoms with Gasteiger partial charge in [0.05, 0.1) is 0 Å². The van der Waals surface area contributed by atoms with Crippen molar-refractivity contribution in [1.82, 2.24) is 10.2 Å². The Hall–Kier alpha value is -3.19. The van der Waals surface area contributed by atoms with Crippen LogP contribution in [0.1, 0.15) is 54.4 Å². The SMILES string of the molecule is Cc1cc(OCC(=O)N(Cc2ccc(F)cc2)[C@@H](Cc2ccccc2)C(=O)NC2CCCCC2)cc(C)c1Br. The molecule has 3 aromatic rings. The van der Waals surface area contributed by atoms with Gasteiger partial charge in [-0.2, -0.15) is 0 Å². The van der Waals surface area contributed by atoms with Gasteiger partial charge in [0.2, 0.25) is 5.91 Å². The fourth-order valence-corrected chi connectivity index (χ4v) is 5.33. The molecule has 5 nitrogen and oxygen atoms in total. The molecule has 1 saturated carbocycles. The van der Waals surface area contributed by atoms with Crippen LogP contribution in [0.3, 0.4) is 0 Å². The zero-order valence-corrected chi connectivity index (χ0v) is 24.2. The number of rotatable bonds is 10. The molecule has 1 aliphatic rings. The maximum atomic E-state index is 13.8. The van der Waals surface area contributed by atoms with Gasteiger partial charge in [-0.15, -0.1) is 0 Å². The van der Waals surface area contributed by atoms with E-state index in [9.17, 15) is 14.0 Å². The van der Waals surface area contributed by atoms with Crippen LogP contribution in [-0.2, 0) is 22.6 Å². The van der Waals surface area contributed by atoms with E-state index >= 15 is 0 Å². The van der Waals surface area contributed by atoms with E-state index in [2.05, 4.69) is 21.2 Å². The molecule has 1 N–H and O–H groups in total. The van der Waals surface area contributed by atoms with Crippen molar-refractivity contribution in [2.75, 3.05) is 6.61 Å². The van der Waals surface area contributed by atoms with Crippen LogP contribution in [0.25, 0.3) is 0 Å². The summed E-state index contributed by atoms with van der Waals surface area (Å²) < 4.78 is 20.6. The van der Waals surface area contributed by atoms with E-state index in [-0.39, 0.29) is 36.8 Å². The molecular formula is C32H36BrFN2O3. The lowest BCUT2D eigenvalue weighted by atomic mass is 9.94. The molecule has 0 aliphatic heterocycles. The van der Waals surface area contributed by atoms with Crippen molar-refractivity contribution < 1.29 is 18.7 Å². The predicted octanol–water partition coefficient (Wildman–Crippen LogP) is 6.67. The van der Waals surface area contributed by atoms with E-state index < -0.39 is 6.04 Å². The largest absolute Gasteiger partial charge is 0.484 e. The highest BCUT2D eigenvalue weighted by molar-refractivity contribution is 9.10. The first-order valence-corrected chi connectivity index (χ1v) is 14.4. The first-order chi connectivity index (χ1) is 18.8. The molecule has 0 heterocycles. The third kappa shape index (κ3) is 8.15. The van der Waals surface area contributed by atoms with Gasteiger partial charge in [0, 0.05) is 23.5 Å². The Balaban J connectivity index is 1.61. The van der Waals surface area contributed by atoms with E-state index in [0.29, 0.717) is 12.2 Å². The monoisotopic (exact) mass is 594 g/mol. The molecule has 0 radical (unpaired) electrons. The molecule has 39 heavy (non-hydrogen) atoms. The number of ether oxygens (including phenoxy) is 1. The molecule has 0 unspecified atom stereocenters. The summed E-state index contributed by atoms with van der Waals surface area (Å²) in [5, 5.41) is 3.23. The minimum Gasteiger partial charge on any atom is -0.484 e. The highest BCUT2D eigenvalue weighted by Gasteiger charge is 2.32. The number of carbonyl (C=O) groups is 2. The molecule has 1 fully saturated rings. The molecule has 7 heteroatoms. The maximum Gasteiger partial charge on any atom is 0.261 e. The topological polar surface area (TPSA) is 58.6 Å². The van der Waals surface area contributed by atoms with Gasteiger partial charge in [-0.3, -0.25) is 9.59 Å². The standard InChI is InChI=1S/C32H36BrFN2O3/c1-22-17-28(18-23(2)31(22)33)39-21-30(37)36(20-25-13-15-26(34)16-14-25)29(19-24-9-5-3-6-10-24)32(38)35-27-11-7-4-8-12-27/h3,5-6,9-10,13-18,27,29H,4,7-8,11-12,19-21H2,1-2H3,(H,35,38)/t29-/m0/s1. The maximum absolute atomic E-state index is 13.8. The minimum atomic E-state index is -0.746. The van der Waals surface area contributed by atoms with Gasteiger partial charge >= 0.3 is 0 Å². The molecule has 1 atom stereocenters. The van der Waals surface area contributed by atoms with E-state index in [1.807, 2.05) is 56.3 Å². The van der Waals surface area contributed by atoms with Crippen LogP contribution < -0.4 is 10.1 Å². The van der Waals surface area contributed by atoms with Crippen LogP contribution in [0, 0.1) is 19.7 Å². The van der Waals surface area contributed by atoms with Gasteiger partial charge in [0.25, 0.3) is 5.91 Å². The number of benzene rings is 3. The minimum absolute atomic E-state index is 0.109. The summed E-state index contributed by atoms with van der Waals surface area (Å²) in [6, 6.07) is 18.9. The number of halogens is 2. The zero-order valence-electron chi connectivity index (χ0n) is 22.6. The number of nitrogens with zero attached hydrogens (tertiary/aromatic N) is 1. The van der Waals surface area contributed by atoms with Crippen LogP contribution in [0.5, 0.6) is 5.75 Å². The second-order valence-corrected chi connectivity index (χ2v) is 11.1. The Morgan fingerprint density at radius 2 is 1.62 bits per heavy atom. The lowest BCUT2D eigenvalue weighted by molar-refractivity contribution is -0.143. The highest BCUT2D eigenvalue weighted by Crippen LogP contribution is 2.27. The zero-order chi connectivity index (χ0) is 27.8. The van der Waals surface area contributed by atoms with E-state index in [0.717, 1.165) is 52.4 Å². The van der Waals surface area contributed by atoms with Gasteiger partial charge in [0.1, 0.15) is 17.6 Å². The Morgan fingerprint density at radius 1 is 0.974 bits per heavy atom. The third-order valence-corrected chi connectivity index (χ3v) is 8.51. The molecule has 0 saturated heterocycles. The van der Waals surface area contributed by atoms with Crippen LogP contribution >= 0.6 is 15.9 Å². The first-order valence-electron chi connectivity index (χ1n) is 13.6. The summed E-state index contributed by atoms with van der Waals surface area (Å²) in [4.78, 5) is 29.2. The average molecular weight is 596 g/mol. The Kier molecular flexibility index (Phi) is 10.2. The first kappa shape index (κ1) is 28.8. The molecule has 2 amide bonds. The summed E-state index contributed by atoms with van der Waals surface area (Å²) in [5.74, 6) is -0.236. The van der Waals surface area contributed by atoms with E-state index in [1.165, 1.54) is 18.6 Å². The van der Waals surface area contributed by atoms with Crippen molar-refractivity contribution in [1.29, 1.82) is 0 Å². The molecule has 0 bridgehead atoms. The average Bonchev–Trinajstić information content (AvgIpc) is 2.94. The van der Waals surface area contributed by atoms with Crippen molar-refractivity contribution in [3.8, 4) is 5.75 Å². The Bertz CT molecular complexity index is 1240. The molecule has 1 aliphatic carbocycles. The lowest BCUT2D eigenvalue weighted by Crippen LogP contribution is -2.53. The fourth-order valence-electron chi connectivity index (χ4n) is 5.10. The van der Waals surface area contributed by atoms with Gasteiger partial charge in [-0.25, -0.2) is 4.39 Å². The number of nitrogens with one attached hydrogen (secondary N) is 1. The third-order valence-electron chi connectivity index (χ3n) is 7.26. The highest BCUT2D eigenvalue weighted by atomic mass is 79.9. The predicted molar refractivity (Wildman–Crippen MR) is 155 cm³/mol. The second-order valence-electron chi connectivity index (χ2n) is 10.4. The molecule has 3 aromatic carbocycles. The van der Waals surface area contributed by atoms with Gasteiger partial charge < -0.3 is 15.0 Å². The van der Waals surface area contributed by atoms with Crippen molar-refractivity contribution in [2.45, 2.75) is 71.0 Å². The fraction of sp³-hybridized carbons (Fsp3) is 0.375. The molecular weight excluding hydrogens is 559 g/mol. The number of hydrogen-bond acceptors (Lipinski definition) is 3. The second kappa shape index (κ2) is 13.7. The summed E-state index contributed by atoms with van der Waals surface area (Å²) in [6.45, 7) is 3.89. The summed E-state index contributed by atoms with van der Waals surface area (Å²) in [7, 11) is 0. The Labute approximate surface area is 238 Å². The number of carbonyl (C=O) groups excluding carboxylic acids is 2. The molecule has 0 spiro atoms. The van der Waals surface area contributed by atoms with Crippen LogP contribution in [0.2, 0.25) is 0 Å². The number of hydrogen-bond donors (Lipinski definition) is 1. The van der Waals surface area contributed by atoms with Crippen molar-refractivity contribution in [3.63, 3.8) is 0 Å². The lowest BCUT2D eigenvalue weighted by Gasteiger charge is -2.33. The Morgan fingerprint density at radius 3 is 2.26 bits per heavy atom. The molecule has 4 rings (SSSR count). The van der Waals surface area contributed by atoms with Gasteiger partial charge in [-0.05, 0) is 73.2 Å². The normalized spacial score (nSPS) is 14.5. The van der Waals surface area contributed by atoms with Gasteiger partial charge in [0.15, 0.2) is 6.61 Å². The summed E-state index contributed by atoms with van der Waals surface area (Å²) in [5.41, 5.74) is 3.71. The number of amides is 2. The summed E-state index contributed by atoms with van der Waals surface area (Å²) >= 11 is 3.56. The van der Waals surface area contributed by atoms with Crippen molar-refractivity contribution in [3.05, 3.63) is 99.3 Å². The van der Waals surface area contributed by atoms with Gasteiger partial charge in [-0.1, -0.05) is 77.7 Å². The number of aryl methyl sites for hydroxylation is 2.